The van der Waals surface area contributed by atoms with Gasteiger partial charge in [-0.2, -0.15) is 0 Å². The molecule has 0 fully saturated rings. The third-order valence-corrected chi connectivity index (χ3v) is 6.20. The Labute approximate surface area is 192 Å². The minimum Gasteiger partial charge on any atom is -0.497 e. The lowest BCUT2D eigenvalue weighted by atomic mass is 9.98. The van der Waals surface area contributed by atoms with Crippen LogP contribution in [0.15, 0.2) is 78.5 Å². The molecule has 0 atom stereocenters. The molecule has 0 spiro atoms. The average Bonchev–Trinajstić information content (AvgIpc) is 3.13. The summed E-state index contributed by atoms with van der Waals surface area (Å²) in [5.74, 6) is 0.236. The van der Waals surface area contributed by atoms with Crippen LogP contribution in [-0.2, 0) is 22.6 Å². The van der Waals surface area contributed by atoms with Crippen molar-refractivity contribution in [2.75, 3.05) is 25.7 Å². The molecule has 0 saturated carbocycles. The summed E-state index contributed by atoms with van der Waals surface area (Å²) in [5, 5.41) is 0. The van der Waals surface area contributed by atoms with E-state index in [0.29, 0.717) is 47.1 Å². The first-order chi connectivity index (χ1) is 16.1. The number of methoxy groups -OCH3 is 2. The SMILES string of the molecule is COc1ccc(OC)c(N2C(=O)C(c3ccccc3)=C(N3CCc4ccccc4C3)C2=O)c1. The van der Waals surface area contributed by atoms with Crippen molar-refractivity contribution >= 4 is 23.1 Å². The molecular weight excluding hydrogens is 416 g/mol. The maximum Gasteiger partial charge on any atom is 0.282 e. The van der Waals surface area contributed by atoms with Crippen molar-refractivity contribution in [2.45, 2.75) is 13.0 Å². The van der Waals surface area contributed by atoms with Gasteiger partial charge in [-0.25, -0.2) is 4.90 Å². The molecule has 0 radical (unpaired) electrons. The van der Waals surface area contributed by atoms with E-state index in [1.54, 1.807) is 25.3 Å². The van der Waals surface area contributed by atoms with Crippen LogP contribution in [0, 0.1) is 0 Å². The first-order valence-electron chi connectivity index (χ1n) is 10.8. The van der Waals surface area contributed by atoms with Crippen molar-refractivity contribution in [3.05, 3.63) is 95.2 Å². The van der Waals surface area contributed by atoms with Crippen LogP contribution in [0.1, 0.15) is 16.7 Å². The number of carbonyl (C=O) groups is 2. The summed E-state index contributed by atoms with van der Waals surface area (Å²) >= 11 is 0. The van der Waals surface area contributed by atoms with Gasteiger partial charge in [0.25, 0.3) is 11.8 Å². The molecule has 5 rings (SSSR count). The zero-order chi connectivity index (χ0) is 22.9. The normalized spacial score (nSPS) is 15.7. The molecule has 2 aliphatic heterocycles. The smallest absolute Gasteiger partial charge is 0.282 e. The maximum atomic E-state index is 13.9. The quantitative estimate of drug-likeness (QED) is 0.561. The molecule has 3 aromatic carbocycles. The largest absolute Gasteiger partial charge is 0.497 e. The summed E-state index contributed by atoms with van der Waals surface area (Å²) in [7, 11) is 3.06. The Hall–Kier alpha value is -4.06. The zero-order valence-corrected chi connectivity index (χ0v) is 18.6. The Bertz CT molecular complexity index is 1270. The highest BCUT2D eigenvalue weighted by atomic mass is 16.5. The van der Waals surface area contributed by atoms with Crippen molar-refractivity contribution in [1.82, 2.24) is 4.90 Å². The molecule has 0 N–H and O–H groups in total. The molecule has 0 bridgehead atoms. The molecule has 0 aliphatic carbocycles. The molecule has 2 heterocycles. The van der Waals surface area contributed by atoms with Gasteiger partial charge in [-0.1, -0.05) is 54.6 Å². The van der Waals surface area contributed by atoms with E-state index in [4.69, 9.17) is 9.47 Å². The third-order valence-electron chi connectivity index (χ3n) is 6.20. The maximum absolute atomic E-state index is 13.9. The number of carbonyl (C=O) groups excluding carboxylic acids is 2. The number of hydrogen-bond donors (Lipinski definition) is 0. The minimum atomic E-state index is -0.369. The van der Waals surface area contributed by atoms with Gasteiger partial charge in [0, 0.05) is 19.2 Å². The number of anilines is 1. The van der Waals surface area contributed by atoms with E-state index in [2.05, 4.69) is 12.1 Å². The van der Waals surface area contributed by atoms with Gasteiger partial charge in [-0.15, -0.1) is 0 Å². The van der Waals surface area contributed by atoms with E-state index < -0.39 is 0 Å². The fourth-order valence-corrected chi connectivity index (χ4v) is 4.55. The number of ether oxygens (including phenoxy) is 2. The molecule has 0 saturated heterocycles. The predicted molar refractivity (Wildman–Crippen MR) is 126 cm³/mol. The van der Waals surface area contributed by atoms with E-state index in [-0.39, 0.29) is 11.8 Å². The number of rotatable bonds is 5. The van der Waals surface area contributed by atoms with E-state index >= 15 is 0 Å². The van der Waals surface area contributed by atoms with E-state index in [1.807, 2.05) is 47.4 Å². The first kappa shape index (κ1) is 20.8. The van der Waals surface area contributed by atoms with Crippen LogP contribution in [-0.4, -0.2) is 37.5 Å². The van der Waals surface area contributed by atoms with Gasteiger partial charge in [-0.05, 0) is 35.2 Å². The number of nitrogens with zero attached hydrogens (tertiary/aromatic N) is 2. The van der Waals surface area contributed by atoms with Crippen molar-refractivity contribution in [1.29, 1.82) is 0 Å². The van der Waals surface area contributed by atoms with Crippen molar-refractivity contribution in [2.24, 2.45) is 0 Å². The zero-order valence-electron chi connectivity index (χ0n) is 18.6. The van der Waals surface area contributed by atoms with Gasteiger partial charge < -0.3 is 14.4 Å². The standard InChI is InChI=1S/C27H24N2O4/c1-32-21-12-13-23(33-2)22(16-21)29-26(30)24(19-9-4-3-5-10-19)25(27(29)31)28-15-14-18-8-6-7-11-20(18)17-28/h3-13,16H,14-15,17H2,1-2H3. The molecular formula is C27H24N2O4. The predicted octanol–water partition coefficient (Wildman–Crippen LogP) is 4.05. The van der Waals surface area contributed by atoms with Crippen LogP contribution >= 0.6 is 0 Å². The van der Waals surface area contributed by atoms with Gasteiger partial charge in [0.15, 0.2) is 0 Å². The second-order valence-corrected chi connectivity index (χ2v) is 8.01. The Balaban J connectivity index is 1.64. The molecule has 166 valence electrons. The number of amides is 2. The fourth-order valence-electron chi connectivity index (χ4n) is 4.55. The van der Waals surface area contributed by atoms with E-state index in [9.17, 15) is 9.59 Å². The lowest BCUT2D eigenvalue weighted by Crippen LogP contribution is -2.37. The highest BCUT2D eigenvalue weighted by Gasteiger charge is 2.44. The number of hydrogen-bond acceptors (Lipinski definition) is 5. The van der Waals surface area contributed by atoms with E-state index in [1.165, 1.54) is 23.1 Å². The monoisotopic (exact) mass is 440 g/mol. The number of imide groups is 1. The molecule has 6 heteroatoms. The van der Waals surface area contributed by atoms with Crippen LogP contribution in [0.25, 0.3) is 5.57 Å². The summed E-state index contributed by atoms with van der Waals surface area (Å²) in [6, 6.07) is 22.7. The van der Waals surface area contributed by atoms with Crippen LogP contribution in [0.2, 0.25) is 0 Å². The third kappa shape index (κ3) is 3.53. The summed E-state index contributed by atoms with van der Waals surface area (Å²) in [4.78, 5) is 30.9. The minimum absolute atomic E-state index is 0.357. The molecule has 2 amide bonds. The highest BCUT2D eigenvalue weighted by Crippen LogP contribution is 2.41. The molecule has 0 unspecified atom stereocenters. The van der Waals surface area contributed by atoms with Gasteiger partial charge in [-0.3, -0.25) is 9.59 Å². The molecule has 33 heavy (non-hydrogen) atoms. The molecule has 3 aromatic rings. The highest BCUT2D eigenvalue weighted by molar-refractivity contribution is 6.45. The molecule has 6 nitrogen and oxygen atoms in total. The Morgan fingerprint density at radius 2 is 1.52 bits per heavy atom. The number of benzene rings is 3. The second kappa shape index (κ2) is 8.47. The van der Waals surface area contributed by atoms with Crippen molar-refractivity contribution < 1.29 is 19.1 Å². The summed E-state index contributed by atoms with van der Waals surface area (Å²) in [6.07, 6.45) is 0.811. The Morgan fingerprint density at radius 1 is 0.788 bits per heavy atom. The summed E-state index contributed by atoms with van der Waals surface area (Å²) < 4.78 is 10.8. The summed E-state index contributed by atoms with van der Waals surface area (Å²) in [6.45, 7) is 1.23. The average molecular weight is 440 g/mol. The van der Waals surface area contributed by atoms with Crippen LogP contribution in [0.4, 0.5) is 5.69 Å². The Kier molecular flexibility index (Phi) is 5.34. The van der Waals surface area contributed by atoms with Gasteiger partial charge >= 0.3 is 0 Å². The lowest BCUT2D eigenvalue weighted by Gasteiger charge is -2.31. The lowest BCUT2D eigenvalue weighted by molar-refractivity contribution is -0.120. The van der Waals surface area contributed by atoms with Crippen LogP contribution in [0.5, 0.6) is 11.5 Å². The van der Waals surface area contributed by atoms with Gasteiger partial charge in [0.1, 0.15) is 17.2 Å². The second-order valence-electron chi connectivity index (χ2n) is 8.01. The van der Waals surface area contributed by atoms with Crippen LogP contribution in [0.3, 0.4) is 0 Å². The van der Waals surface area contributed by atoms with Gasteiger partial charge in [0.05, 0.1) is 25.5 Å². The van der Waals surface area contributed by atoms with E-state index in [0.717, 1.165) is 6.42 Å². The van der Waals surface area contributed by atoms with Gasteiger partial charge in [0.2, 0.25) is 0 Å². The van der Waals surface area contributed by atoms with Crippen molar-refractivity contribution in [3.8, 4) is 11.5 Å². The molecule has 0 aromatic heterocycles. The summed E-state index contributed by atoms with van der Waals surface area (Å²) in [5.41, 5.74) is 4.36. The van der Waals surface area contributed by atoms with Crippen molar-refractivity contribution in [3.63, 3.8) is 0 Å². The topological polar surface area (TPSA) is 59.1 Å². The first-order valence-corrected chi connectivity index (χ1v) is 10.8. The number of fused-ring (bicyclic) bond motifs is 1. The fraction of sp³-hybridized carbons (Fsp3) is 0.185. The van der Waals surface area contributed by atoms with Crippen LogP contribution < -0.4 is 14.4 Å². The molecule has 2 aliphatic rings. The Morgan fingerprint density at radius 3 is 2.24 bits per heavy atom.